The van der Waals surface area contributed by atoms with Crippen molar-refractivity contribution < 1.29 is 29.0 Å². The van der Waals surface area contributed by atoms with E-state index < -0.39 is 24.6 Å². The fourth-order valence-corrected chi connectivity index (χ4v) is 11.9. The van der Waals surface area contributed by atoms with E-state index in [1.54, 1.807) is 0 Å². The number of allylic oxidation sites excluding steroid dienone is 2. The number of aliphatic hydroxyl groups is 1. The van der Waals surface area contributed by atoms with E-state index in [1.165, 1.54) is 73.3 Å². The second-order valence-corrected chi connectivity index (χ2v) is 20.4. The first-order valence-corrected chi connectivity index (χ1v) is 25.2. The lowest BCUT2D eigenvalue weighted by Crippen LogP contribution is -2.52. The number of amides is 2. The Morgan fingerprint density at radius 3 is 2.26 bits per heavy atom. The molecule has 2 fully saturated rings. The quantitative estimate of drug-likeness (QED) is 0.0526. The molecule has 70 heavy (non-hydrogen) atoms. The molecule has 4 aromatic carbocycles. The Morgan fingerprint density at radius 2 is 1.54 bits per heavy atom. The number of nitrogens with one attached hydrogen (secondary N) is 4. The van der Waals surface area contributed by atoms with Crippen LogP contribution in [-0.4, -0.2) is 80.9 Å². The molecule has 13 nitrogen and oxygen atoms in total. The van der Waals surface area contributed by atoms with Crippen molar-refractivity contribution in [1.29, 1.82) is 0 Å². The van der Waals surface area contributed by atoms with Gasteiger partial charge in [-0.05, 0) is 126 Å². The Balaban J connectivity index is 0.860. The van der Waals surface area contributed by atoms with Gasteiger partial charge in [0.2, 0.25) is 12.3 Å². The maximum absolute atomic E-state index is 13.9. The molecule has 1 spiro atoms. The maximum atomic E-state index is 13.9. The highest BCUT2D eigenvalue weighted by Crippen LogP contribution is 2.53. The lowest BCUT2D eigenvalue weighted by atomic mass is 9.82. The summed E-state index contributed by atoms with van der Waals surface area (Å²) in [6.07, 6.45) is 15.2. The molecule has 0 bridgehead atoms. The highest BCUT2D eigenvalue weighted by Gasteiger charge is 2.42. The van der Waals surface area contributed by atoms with Gasteiger partial charge in [0.1, 0.15) is 17.7 Å². The van der Waals surface area contributed by atoms with E-state index in [0.29, 0.717) is 24.8 Å². The van der Waals surface area contributed by atoms with Crippen LogP contribution in [0.15, 0.2) is 103 Å². The van der Waals surface area contributed by atoms with E-state index in [9.17, 15) is 19.5 Å². The number of fused-ring (bicyclic) bond motifs is 2. The number of carbonyl (C=O) groups excluding carboxylic acids is 3. The van der Waals surface area contributed by atoms with Crippen LogP contribution in [0, 0.1) is 17.3 Å². The Hall–Kier alpha value is -6.41. The van der Waals surface area contributed by atoms with Crippen molar-refractivity contribution in [3.05, 3.63) is 132 Å². The third-order valence-corrected chi connectivity index (χ3v) is 15.7. The number of H-pyrrole nitrogens is 2. The van der Waals surface area contributed by atoms with Gasteiger partial charge in [0.25, 0.3) is 0 Å². The van der Waals surface area contributed by atoms with Crippen LogP contribution >= 0.6 is 0 Å². The molecule has 2 aromatic heterocycles. The number of ether oxygens (including phenoxy) is 2. The van der Waals surface area contributed by atoms with Gasteiger partial charge >= 0.3 is 6.09 Å². The summed E-state index contributed by atoms with van der Waals surface area (Å²) in [5, 5.41) is 15.9. The number of aromatic nitrogens is 4. The van der Waals surface area contributed by atoms with E-state index >= 15 is 0 Å². The minimum atomic E-state index is -1.22. The highest BCUT2D eigenvalue weighted by molar-refractivity contribution is 5.91. The van der Waals surface area contributed by atoms with Crippen molar-refractivity contribution >= 4 is 28.8 Å². The Labute approximate surface area is 409 Å². The molecule has 0 radical (unpaired) electrons. The van der Waals surface area contributed by atoms with Gasteiger partial charge in [-0.1, -0.05) is 112 Å². The fourth-order valence-electron chi connectivity index (χ4n) is 11.9. The second-order valence-electron chi connectivity index (χ2n) is 20.4. The van der Waals surface area contributed by atoms with Crippen LogP contribution in [0.1, 0.15) is 118 Å². The third kappa shape index (κ3) is 9.46. The van der Waals surface area contributed by atoms with Crippen molar-refractivity contribution in [3.8, 4) is 33.5 Å². The number of likely N-dealkylation sites (tertiary alicyclic amines) is 1. The number of ketones is 1. The zero-order valence-corrected chi connectivity index (χ0v) is 40.7. The molecule has 2 amide bonds. The topological polar surface area (TPSA) is 175 Å². The van der Waals surface area contributed by atoms with E-state index in [0.717, 1.165) is 71.6 Å². The monoisotopic (exact) mass is 943 g/mol. The Kier molecular flexibility index (Phi) is 13.6. The average Bonchev–Trinajstić information content (AvgIpc) is 4.25. The summed E-state index contributed by atoms with van der Waals surface area (Å²) in [5.41, 5.74) is 12.7. The third-order valence-electron chi connectivity index (χ3n) is 15.7. The molecule has 1 saturated heterocycles. The molecule has 6 atom stereocenters. The number of aliphatic hydroxyl groups excluding tert-OH is 1. The number of aromatic amines is 2. The number of rotatable bonds is 14. The van der Waals surface area contributed by atoms with Crippen LogP contribution < -0.4 is 10.6 Å². The number of Topliss-reactive ketones (excluding diaryl/α,β-unsaturated/α-hetero) is 1. The second kappa shape index (κ2) is 20.1. The normalized spacial score (nSPS) is 20.9. The summed E-state index contributed by atoms with van der Waals surface area (Å²) in [7, 11) is 2.72. The van der Waals surface area contributed by atoms with E-state index in [-0.39, 0.29) is 35.5 Å². The summed E-state index contributed by atoms with van der Waals surface area (Å²) >= 11 is 0. The number of hydrogen-bond acceptors (Lipinski definition) is 9. The zero-order chi connectivity index (χ0) is 48.5. The fraction of sp³-hybridized carbons (Fsp3) is 0.421. The SMILES string of the molecule is COC(=O)N[C@@H](C(=O)C1CC=C[C@@H](c2ncc(-c3ccc(-c4ccc(-c5ccc6nc([C@@H]7CCCN7C(=O)C(NC(O)OC)C(C)C)[nH]c6c5)c5c4CC4(CCCC4)C5)cc3)[nH]2)CC1)c1ccccc1. The summed E-state index contributed by atoms with van der Waals surface area (Å²) < 4.78 is 9.89. The van der Waals surface area contributed by atoms with Crippen LogP contribution in [0.2, 0.25) is 0 Å². The molecular formula is C57H65N7O6. The zero-order valence-electron chi connectivity index (χ0n) is 40.7. The van der Waals surface area contributed by atoms with E-state index in [1.807, 2.05) is 55.3 Å². The molecule has 5 N–H and O–H groups in total. The molecule has 6 aromatic rings. The molecule has 364 valence electrons. The molecular weight excluding hydrogens is 879 g/mol. The molecule has 10 rings (SSSR count). The van der Waals surface area contributed by atoms with Crippen molar-refractivity contribution in [2.24, 2.45) is 17.3 Å². The number of carbonyl (C=O) groups is 3. The Morgan fingerprint density at radius 1 is 0.829 bits per heavy atom. The highest BCUT2D eigenvalue weighted by atomic mass is 16.6. The summed E-state index contributed by atoms with van der Waals surface area (Å²) in [4.78, 5) is 59.1. The predicted octanol–water partition coefficient (Wildman–Crippen LogP) is 10.3. The van der Waals surface area contributed by atoms with Crippen LogP contribution in [0.3, 0.4) is 0 Å². The minimum absolute atomic E-state index is 0.0237. The first-order valence-electron chi connectivity index (χ1n) is 25.2. The maximum Gasteiger partial charge on any atom is 0.407 e. The smallest absolute Gasteiger partial charge is 0.407 e. The summed E-state index contributed by atoms with van der Waals surface area (Å²) in [5.74, 6) is 1.32. The number of methoxy groups -OCH3 is 2. The van der Waals surface area contributed by atoms with Gasteiger partial charge in [-0.2, -0.15) is 0 Å². The Bertz CT molecular complexity index is 2880. The van der Waals surface area contributed by atoms with E-state index in [4.69, 9.17) is 19.4 Å². The van der Waals surface area contributed by atoms with Crippen molar-refractivity contribution in [1.82, 2.24) is 35.5 Å². The number of benzene rings is 4. The minimum Gasteiger partial charge on any atom is -0.453 e. The molecule has 3 unspecified atom stereocenters. The molecule has 1 saturated carbocycles. The van der Waals surface area contributed by atoms with Crippen LogP contribution in [0.25, 0.3) is 44.5 Å². The van der Waals surface area contributed by atoms with Gasteiger partial charge < -0.3 is 34.8 Å². The lowest BCUT2D eigenvalue weighted by molar-refractivity contribution is -0.145. The first kappa shape index (κ1) is 47.3. The summed E-state index contributed by atoms with van der Waals surface area (Å²) in [6.45, 7) is 4.57. The predicted molar refractivity (Wildman–Crippen MR) is 270 cm³/mol. The molecule has 4 aliphatic rings. The van der Waals surface area contributed by atoms with E-state index in [2.05, 4.69) is 87.4 Å². The van der Waals surface area contributed by atoms with Crippen molar-refractivity contribution in [2.45, 2.75) is 115 Å². The van der Waals surface area contributed by atoms with Crippen LogP contribution in [-0.2, 0) is 31.9 Å². The molecule has 1 aliphatic heterocycles. The lowest BCUT2D eigenvalue weighted by Gasteiger charge is -2.31. The van der Waals surface area contributed by atoms with Gasteiger partial charge in [0, 0.05) is 25.5 Å². The van der Waals surface area contributed by atoms with Crippen LogP contribution in [0.5, 0.6) is 0 Å². The molecule has 3 heterocycles. The standard InChI is InChI=1S/C57H65N7O6/c1-34(2)49(62-55(67)69-3)54(66)64-29-11-16-48(64)53-59-45-26-23-40(30-46(45)60-53)42-25-24-41(43-31-57(32-44(42)43)27-8-9-28-57)35-17-19-36(20-18-35)47-33-58-52(61-47)39-15-10-14-38(21-22-39)51(65)50(63-56(68)70-4)37-12-6-5-7-13-37/h5-7,10,12-13,15,17-20,23-26,30,33-34,38-39,48-50,55,62,67H,8-9,11,14,16,21-22,27-29,31-32H2,1-4H3,(H,58,61)(H,59,60)(H,63,68)/t38?,39-,48+,49?,50-,55?/m1/s1. The van der Waals surface area contributed by atoms with Gasteiger partial charge in [-0.25, -0.2) is 14.8 Å². The number of nitrogens with zero attached hydrogens (tertiary/aromatic N) is 3. The van der Waals surface area contributed by atoms with Gasteiger partial charge in [0.15, 0.2) is 5.78 Å². The van der Waals surface area contributed by atoms with Crippen molar-refractivity contribution in [3.63, 3.8) is 0 Å². The average molecular weight is 944 g/mol. The number of hydrogen-bond donors (Lipinski definition) is 5. The first-order chi connectivity index (χ1) is 34.0. The van der Waals surface area contributed by atoms with Gasteiger partial charge in [-0.15, -0.1) is 0 Å². The molecule has 3 aliphatic carbocycles. The molecule has 13 heteroatoms. The largest absolute Gasteiger partial charge is 0.453 e. The van der Waals surface area contributed by atoms with Crippen molar-refractivity contribution in [2.75, 3.05) is 20.8 Å². The number of alkyl carbamates (subject to hydrolysis) is 1. The van der Waals surface area contributed by atoms with Crippen LogP contribution in [0.4, 0.5) is 4.79 Å². The number of imidazole rings is 2. The summed E-state index contributed by atoms with van der Waals surface area (Å²) in [6, 6.07) is 27.8. The van der Waals surface area contributed by atoms with Gasteiger partial charge in [-0.3, -0.25) is 14.9 Å². The van der Waals surface area contributed by atoms with Gasteiger partial charge in [0.05, 0.1) is 42.1 Å².